The topological polar surface area (TPSA) is 46.5 Å². The van der Waals surface area contributed by atoms with E-state index in [4.69, 9.17) is 12.2 Å². The Labute approximate surface area is 93.0 Å². The summed E-state index contributed by atoms with van der Waals surface area (Å²) >= 11 is 5.04. The van der Waals surface area contributed by atoms with Gasteiger partial charge in [-0.15, -0.1) is 0 Å². The molecule has 0 unspecified atom stereocenters. The van der Waals surface area contributed by atoms with Gasteiger partial charge in [0.2, 0.25) is 4.77 Å². The number of aromatic nitrogens is 4. The van der Waals surface area contributed by atoms with Gasteiger partial charge in [-0.1, -0.05) is 0 Å². The van der Waals surface area contributed by atoms with E-state index in [0.717, 1.165) is 22.8 Å². The number of pyridine rings is 1. The molecular weight excluding hydrogens is 208 g/mol. The number of rotatable bonds is 1. The molecule has 1 N–H and O–H groups in total. The van der Waals surface area contributed by atoms with Crippen LogP contribution >= 0.6 is 12.2 Å². The van der Waals surface area contributed by atoms with Gasteiger partial charge in [0, 0.05) is 24.0 Å². The van der Waals surface area contributed by atoms with Crippen molar-refractivity contribution in [2.24, 2.45) is 7.05 Å². The minimum absolute atomic E-state index is 0.546. The second kappa shape index (κ2) is 3.58. The Kier molecular flexibility index (Phi) is 2.40. The molecule has 0 aliphatic carbocycles. The Morgan fingerprint density at radius 3 is 2.53 bits per heavy atom. The second-order valence-corrected chi connectivity index (χ2v) is 3.86. The first kappa shape index (κ1) is 10.0. The van der Waals surface area contributed by atoms with Crippen LogP contribution in [0.5, 0.6) is 0 Å². The quantitative estimate of drug-likeness (QED) is 0.749. The lowest BCUT2D eigenvalue weighted by Crippen LogP contribution is -1.93. The van der Waals surface area contributed by atoms with Crippen LogP contribution in [0, 0.1) is 18.6 Å². The lowest BCUT2D eigenvalue weighted by molar-refractivity contribution is 0.756. The molecular formula is C10H12N4S. The van der Waals surface area contributed by atoms with Crippen LogP contribution in [0.2, 0.25) is 0 Å². The van der Waals surface area contributed by atoms with Gasteiger partial charge < -0.3 is 0 Å². The summed E-state index contributed by atoms with van der Waals surface area (Å²) in [6.07, 6.45) is 0. The summed E-state index contributed by atoms with van der Waals surface area (Å²) in [5.41, 5.74) is 2.96. The number of aryl methyl sites for hydroxylation is 3. The van der Waals surface area contributed by atoms with Crippen molar-refractivity contribution in [1.29, 1.82) is 0 Å². The lowest BCUT2D eigenvalue weighted by Gasteiger charge is -2.01. The number of aromatic amines is 1. The van der Waals surface area contributed by atoms with Crippen LogP contribution in [0.25, 0.3) is 11.4 Å². The van der Waals surface area contributed by atoms with Crippen LogP contribution in [0.15, 0.2) is 12.1 Å². The first-order chi connectivity index (χ1) is 7.08. The molecule has 0 fully saturated rings. The molecule has 5 heteroatoms. The van der Waals surface area contributed by atoms with Crippen LogP contribution < -0.4 is 0 Å². The third-order valence-corrected chi connectivity index (χ3v) is 2.61. The van der Waals surface area contributed by atoms with Gasteiger partial charge in [-0.25, -0.2) is 0 Å². The molecule has 78 valence electrons. The average Bonchev–Trinajstić information content (AvgIpc) is 2.46. The zero-order chi connectivity index (χ0) is 11.0. The summed E-state index contributed by atoms with van der Waals surface area (Å²) in [6.45, 7) is 3.94. The van der Waals surface area contributed by atoms with E-state index in [9.17, 15) is 0 Å². The molecule has 0 atom stereocenters. The third-order valence-electron chi connectivity index (χ3n) is 2.25. The van der Waals surface area contributed by atoms with Gasteiger partial charge in [0.15, 0.2) is 5.82 Å². The highest BCUT2D eigenvalue weighted by Crippen LogP contribution is 2.17. The molecule has 2 rings (SSSR count). The van der Waals surface area contributed by atoms with E-state index in [-0.39, 0.29) is 0 Å². The van der Waals surface area contributed by atoms with E-state index in [1.54, 1.807) is 4.68 Å². The molecule has 2 aromatic heterocycles. The Balaban J connectivity index is 2.59. The van der Waals surface area contributed by atoms with Crippen LogP contribution in [-0.2, 0) is 7.05 Å². The highest BCUT2D eigenvalue weighted by Gasteiger charge is 2.06. The van der Waals surface area contributed by atoms with Gasteiger partial charge in [-0.3, -0.25) is 14.8 Å². The van der Waals surface area contributed by atoms with E-state index in [1.165, 1.54) is 0 Å². The van der Waals surface area contributed by atoms with Crippen molar-refractivity contribution in [3.8, 4) is 11.4 Å². The Bertz CT molecular complexity index is 553. The van der Waals surface area contributed by atoms with Gasteiger partial charge in [0.05, 0.1) is 0 Å². The van der Waals surface area contributed by atoms with Crippen molar-refractivity contribution >= 4 is 12.2 Å². The standard InChI is InChI=1S/C10H12N4S/c1-6-4-5-8(7(2)11-6)9-12-10(15)14(3)13-9/h4-5H,1-3H3,(H,12,13,15). The van der Waals surface area contributed by atoms with Crippen LogP contribution in [-0.4, -0.2) is 19.7 Å². The van der Waals surface area contributed by atoms with E-state index in [2.05, 4.69) is 15.1 Å². The maximum atomic E-state index is 5.04. The normalized spacial score (nSPS) is 10.6. The van der Waals surface area contributed by atoms with E-state index >= 15 is 0 Å². The summed E-state index contributed by atoms with van der Waals surface area (Å²) < 4.78 is 2.26. The largest absolute Gasteiger partial charge is 0.279 e. The Hall–Kier alpha value is -1.49. The molecule has 0 saturated heterocycles. The fourth-order valence-electron chi connectivity index (χ4n) is 1.46. The molecule has 0 amide bonds. The Morgan fingerprint density at radius 2 is 2.00 bits per heavy atom. The van der Waals surface area contributed by atoms with Gasteiger partial charge >= 0.3 is 0 Å². The van der Waals surface area contributed by atoms with Crippen molar-refractivity contribution in [3.05, 3.63) is 28.3 Å². The van der Waals surface area contributed by atoms with Gasteiger partial charge in [0.25, 0.3) is 0 Å². The molecule has 4 nitrogen and oxygen atoms in total. The van der Waals surface area contributed by atoms with Crippen LogP contribution in [0.1, 0.15) is 11.4 Å². The maximum absolute atomic E-state index is 5.04. The summed E-state index contributed by atoms with van der Waals surface area (Å²) in [5.74, 6) is 0.771. The molecule has 0 radical (unpaired) electrons. The third kappa shape index (κ3) is 1.83. The van der Waals surface area contributed by atoms with Crippen molar-refractivity contribution in [3.63, 3.8) is 0 Å². The van der Waals surface area contributed by atoms with Crippen molar-refractivity contribution in [2.45, 2.75) is 13.8 Å². The second-order valence-electron chi connectivity index (χ2n) is 3.50. The minimum Gasteiger partial charge on any atom is -0.279 e. The smallest absolute Gasteiger partial charge is 0.216 e. The van der Waals surface area contributed by atoms with E-state index in [1.807, 2.05) is 33.0 Å². The molecule has 15 heavy (non-hydrogen) atoms. The number of nitrogens with one attached hydrogen (secondary N) is 1. The van der Waals surface area contributed by atoms with Crippen LogP contribution in [0.4, 0.5) is 0 Å². The summed E-state index contributed by atoms with van der Waals surface area (Å²) in [7, 11) is 1.84. The van der Waals surface area contributed by atoms with Crippen molar-refractivity contribution in [2.75, 3.05) is 0 Å². The number of hydrogen-bond donors (Lipinski definition) is 1. The first-order valence-electron chi connectivity index (χ1n) is 4.65. The highest BCUT2D eigenvalue weighted by molar-refractivity contribution is 7.71. The zero-order valence-electron chi connectivity index (χ0n) is 8.90. The SMILES string of the molecule is Cc1ccc(-c2nc(=S)n(C)[nH]2)c(C)n1. The molecule has 0 spiro atoms. The van der Waals surface area contributed by atoms with E-state index < -0.39 is 0 Å². The molecule has 0 bridgehead atoms. The van der Waals surface area contributed by atoms with Gasteiger partial charge in [-0.2, -0.15) is 4.98 Å². The summed E-state index contributed by atoms with van der Waals surface area (Å²) in [4.78, 5) is 8.64. The number of hydrogen-bond acceptors (Lipinski definition) is 3. The van der Waals surface area contributed by atoms with Gasteiger partial charge in [-0.05, 0) is 38.2 Å². The Morgan fingerprint density at radius 1 is 1.27 bits per heavy atom. The van der Waals surface area contributed by atoms with Crippen molar-refractivity contribution < 1.29 is 0 Å². The molecule has 0 aromatic carbocycles. The van der Waals surface area contributed by atoms with Gasteiger partial charge in [0.1, 0.15) is 0 Å². The number of nitrogens with zero attached hydrogens (tertiary/aromatic N) is 3. The molecule has 0 aliphatic rings. The predicted octanol–water partition coefficient (Wildman–Crippen LogP) is 2.16. The number of H-pyrrole nitrogens is 1. The summed E-state index contributed by atoms with van der Waals surface area (Å²) in [6, 6.07) is 3.97. The minimum atomic E-state index is 0.546. The molecule has 2 heterocycles. The molecule has 2 aromatic rings. The predicted molar refractivity (Wildman–Crippen MR) is 61.1 cm³/mol. The van der Waals surface area contributed by atoms with E-state index in [0.29, 0.717) is 4.77 Å². The van der Waals surface area contributed by atoms with Crippen molar-refractivity contribution in [1.82, 2.24) is 19.7 Å². The maximum Gasteiger partial charge on any atom is 0.216 e. The highest BCUT2D eigenvalue weighted by atomic mass is 32.1. The van der Waals surface area contributed by atoms with Crippen LogP contribution in [0.3, 0.4) is 0 Å². The fourth-order valence-corrected chi connectivity index (χ4v) is 1.60. The molecule has 0 saturated carbocycles. The first-order valence-corrected chi connectivity index (χ1v) is 5.06. The fraction of sp³-hybridized carbons (Fsp3) is 0.300. The summed E-state index contributed by atoms with van der Waals surface area (Å²) in [5, 5.41) is 3.08. The zero-order valence-corrected chi connectivity index (χ0v) is 9.72. The lowest BCUT2D eigenvalue weighted by atomic mass is 10.2. The molecule has 0 aliphatic heterocycles. The monoisotopic (exact) mass is 220 g/mol. The average molecular weight is 220 g/mol.